The molecule has 0 aliphatic heterocycles. The molecule has 0 spiro atoms. The van der Waals surface area contributed by atoms with Gasteiger partial charge >= 0.3 is 0 Å². The van der Waals surface area contributed by atoms with Crippen molar-refractivity contribution in [1.82, 2.24) is 9.62 Å². The zero-order chi connectivity index (χ0) is 19.3. The summed E-state index contributed by atoms with van der Waals surface area (Å²) in [5.74, 6) is -0.645. The Hall–Kier alpha value is -2.25. The third kappa shape index (κ3) is 5.12. The largest absolute Gasteiger partial charge is 0.337 e. The van der Waals surface area contributed by atoms with Gasteiger partial charge in [0, 0.05) is 32.1 Å². The second-order valence-corrected chi connectivity index (χ2v) is 7.94. The van der Waals surface area contributed by atoms with Gasteiger partial charge < -0.3 is 4.90 Å². The van der Waals surface area contributed by atoms with Gasteiger partial charge in [0.2, 0.25) is 15.9 Å². The molecule has 2 aromatic rings. The van der Waals surface area contributed by atoms with E-state index in [1.54, 1.807) is 36.4 Å². The normalized spacial score (nSPS) is 11.4. The van der Waals surface area contributed by atoms with Gasteiger partial charge in [0.05, 0.1) is 4.90 Å². The zero-order valence-corrected chi connectivity index (χ0v) is 15.9. The Morgan fingerprint density at radius 1 is 1.12 bits per heavy atom. The number of nitrogens with zero attached hydrogens (tertiary/aromatic N) is 1. The molecule has 0 saturated carbocycles. The molecule has 0 aliphatic rings. The van der Waals surface area contributed by atoms with Crippen LogP contribution in [0.3, 0.4) is 0 Å². The van der Waals surface area contributed by atoms with Gasteiger partial charge in [-0.25, -0.2) is 17.5 Å². The van der Waals surface area contributed by atoms with Crippen LogP contribution in [0.2, 0.25) is 0 Å². The molecule has 0 unspecified atom stereocenters. The molecular formula is C19H23FN2O3S. The predicted octanol–water partition coefficient (Wildman–Crippen LogP) is 2.77. The number of benzene rings is 2. The van der Waals surface area contributed by atoms with Crippen molar-refractivity contribution in [3.05, 3.63) is 65.0 Å². The zero-order valence-electron chi connectivity index (χ0n) is 15.1. The maximum Gasteiger partial charge on any atom is 0.240 e. The average molecular weight is 378 g/mol. The average Bonchev–Trinajstić information content (AvgIpc) is 2.57. The first-order chi connectivity index (χ1) is 12.2. The molecule has 0 fully saturated rings. The van der Waals surface area contributed by atoms with E-state index in [4.69, 9.17) is 0 Å². The van der Waals surface area contributed by atoms with Crippen LogP contribution in [0.25, 0.3) is 0 Å². The third-order valence-electron chi connectivity index (χ3n) is 4.23. The Bertz CT molecular complexity index is 897. The van der Waals surface area contributed by atoms with Crippen molar-refractivity contribution < 1.29 is 17.6 Å². The summed E-state index contributed by atoms with van der Waals surface area (Å²) in [7, 11) is -3.66. The minimum atomic E-state index is -3.66. The van der Waals surface area contributed by atoms with Crippen LogP contribution in [0.4, 0.5) is 4.39 Å². The highest BCUT2D eigenvalue weighted by atomic mass is 32.2. The van der Waals surface area contributed by atoms with E-state index in [2.05, 4.69) is 4.72 Å². The van der Waals surface area contributed by atoms with Crippen molar-refractivity contribution in [3.63, 3.8) is 0 Å². The number of sulfonamides is 1. The number of amides is 1. The number of nitrogens with one attached hydrogen (secondary N) is 1. The SMILES string of the molecule is CC(=O)N(CCNS(=O)(=O)c1ccc(C)c(C)c1)Cc1ccccc1F. The van der Waals surface area contributed by atoms with Gasteiger partial charge in [-0.3, -0.25) is 4.79 Å². The van der Waals surface area contributed by atoms with Crippen molar-refractivity contribution in [1.29, 1.82) is 0 Å². The molecule has 2 aromatic carbocycles. The van der Waals surface area contributed by atoms with E-state index < -0.39 is 15.8 Å². The molecule has 0 aromatic heterocycles. The Balaban J connectivity index is 2.02. The van der Waals surface area contributed by atoms with Gasteiger partial charge in [0.25, 0.3) is 0 Å². The Labute approximate surface area is 153 Å². The minimum Gasteiger partial charge on any atom is -0.337 e. The fourth-order valence-electron chi connectivity index (χ4n) is 2.46. The van der Waals surface area contributed by atoms with Crippen LogP contribution in [0.1, 0.15) is 23.6 Å². The van der Waals surface area contributed by atoms with Gasteiger partial charge in [-0.15, -0.1) is 0 Å². The van der Waals surface area contributed by atoms with Crippen LogP contribution in [-0.4, -0.2) is 32.3 Å². The molecule has 5 nitrogen and oxygen atoms in total. The molecule has 0 heterocycles. The van der Waals surface area contributed by atoms with E-state index in [9.17, 15) is 17.6 Å². The highest BCUT2D eigenvalue weighted by Crippen LogP contribution is 2.14. The number of hydrogen-bond donors (Lipinski definition) is 1. The van der Waals surface area contributed by atoms with Crippen LogP contribution in [0.15, 0.2) is 47.4 Å². The molecule has 1 amide bonds. The first kappa shape index (κ1) is 20.1. The van der Waals surface area contributed by atoms with Gasteiger partial charge in [0.1, 0.15) is 5.82 Å². The number of aryl methyl sites for hydroxylation is 2. The van der Waals surface area contributed by atoms with Crippen LogP contribution in [0, 0.1) is 19.7 Å². The fourth-order valence-corrected chi connectivity index (χ4v) is 3.57. The van der Waals surface area contributed by atoms with Gasteiger partial charge in [-0.2, -0.15) is 0 Å². The summed E-state index contributed by atoms with van der Waals surface area (Å²) in [6.45, 7) is 5.41. The summed E-state index contributed by atoms with van der Waals surface area (Å²) >= 11 is 0. The molecule has 0 atom stereocenters. The van der Waals surface area contributed by atoms with Crippen molar-refractivity contribution in [3.8, 4) is 0 Å². The van der Waals surface area contributed by atoms with Gasteiger partial charge in [-0.1, -0.05) is 24.3 Å². The molecule has 2 rings (SSSR count). The lowest BCUT2D eigenvalue weighted by atomic mass is 10.1. The standard InChI is InChI=1S/C19H23FN2O3S/c1-14-8-9-18(12-15(14)2)26(24,25)21-10-11-22(16(3)23)13-17-6-4-5-7-19(17)20/h4-9,12,21H,10-11,13H2,1-3H3. The quantitative estimate of drug-likeness (QED) is 0.806. The predicted molar refractivity (Wildman–Crippen MR) is 98.6 cm³/mol. The summed E-state index contributed by atoms with van der Waals surface area (Å²) in [4.78, 5) is 13.4. The number of carbonyl (C=O) groups is 1. The molecular weight excluding hydrogens is 355 g/mol. The van der Waals surface area contributed by atoms with Crippen molar-refractivity contribution >= 4 is 15.9 Å². The van der Waals surface area contributed by atoms with E-state index >= 15 is 0 Å². The Morgan fingerprint density at radius 3 is 2.42 bits per heavy atom. The van der Waals surface area contributed by atoms with E-state index in [1.807, 2.05) is 13.8 Å². The second-order valence-electron chi connectivity index (χ2n) is 6.18. The number of halogens is 1. The Morgan fingerprint density at radius 2 is 1.81 bits per heavy atom. The van der Waals surface area contributed by atoms with Crippen LogP contribution < -0.4 is 4.72 Å². The van der Waals surface area contributed by atoms with E-state index in [1.165, 1.54) is 17.9 Å². The molecule has 26 heavy (non-hydrogen) atoms. The highest BCUT2D eigenvalue weighted by Gasteiger charge is 2.16. The number of carbonyl (C=O) groups excluding carboxylic acids is 1. The topological polar surface area (TPSA) is 66.5 Å². The maximum atomic E-state index is 13.8. The lowest BCUT2D eigenvalue weighted by molar-refractivity contribution is -0.129. The van der Waals surface area contributed by atoms with Crippen molar-refractivity contribution in [2.75, 3.05) is 13.1 Å². The molecule has 0 bridgehead atoms. The smallest absolute Gasteiger partial charge is 0.240 e. The van der Waals surface area contributed by atoms with Gasteiger partial charge in [0.15, 0.2) is 0 Å². The van der Waals surface area contributed by atoms with Crippen molar-refractivity contribution in [2.45, 2.75) is 32.2 Å². The summed E-state index contributed by atoms with van der Waals surface area (Å²) in [6.07, 6.45) is 0. The van der Waals surface area contributed by atoms with E-state index in [-0.39, 0.29) is 30.4 Å². The van der Waals surface area contributed by atoms with E-state index in [0.29, 0.717) is 5.56 Å². The highest BCUT2D eigenvalue weighted by molar-refractivity contribution is 7.89. The molecule has 0 saturated heterocycles. The monoisotopic (exact) mass is 378 g/mol. The van der Waals surface area contributed by atoms with Crippen LogP contribution in [-0.2, 0) is 21.4 Å². The van der Waals surface area contributed by atoms with Crippen LogP contribution in [0.5, 0.6) is 0 Å². The summed E-state index contributed by atoms with van der Waals surface area (Å²) in [5.41, 5.74) is 2.29. The summed E-state index contributed by atoms with van der Waals surface area (Å²) < 4.78 is 41.0. The van der Waals surface area contributed by atoms with E-state index in [0.717, 1.165) is 11.1 Å². The summed E-state index contributed by atoms with van der Waals surface area (Å²) in [5, 5.41) is 0. The maximum absolute atomic E-state index is 13.8. The van der Waals surface area contributed by atoms with Crippen LogP contribution >= 0.6 is 0 Å². The lowest BCUT2D eigenvalue weighted by Crippen LogP contribution is -2.37. The minimum absolute atomic E-state index is 0.0449. The molecule has 0 aliphatic carbocycles. The fraction of sp³-hybridized carbons (Fsp3) is 0.316. The number of hydrogen-bond acceptors (Lipinski definition) is 3. The molecule has 140 valence electrons. The number of rotatable bonds is 7. The third-order valence-corrected chi connectivity index (χ3v) is 5.69. The summed E-state index contributed by atoms with van der Waals surface area (Å²) in [6, 6.07) is 11.1. The first-order valence-corrected chi connectivity index (χ1v) is 9.75. The molecule has 1 N–H and O–H groups in total. The molecule has 0 radical (unpaired) electrons. The second kappa shape index (κ2) is 8.42. The molecule has 7 heteroatoms. The lowest BCUT2D eigenvalue weighted by Gasteiger charge is -2.21. The Kier molecular flexibility index (Phi) is 6.50. The van der Waals surface area contributed by atoms with Gasteiger partial charge in [-0.05, 0) is 43.2 Å². The first-order valence-electron chi connectivity index (χ1n) is 8.26. The van der Waals surface area contributed by atoms with Crippen molar-refractivity contribution in [2.24, 2.45) is 0 Å².